The number of nitrogens with zero attached hydrogens (tertiary/aromatic N) is 4. The van der Waals surface area contributed by atoms with Crippen molar-refractivity contribution in [3.05, 3.63) is 11.9 Å². The monoisotopic (exact) mass is 283 g/mol. The lowest BCUT2D eigenvalue weighted by molar-refractivity contribution is -0.137. The summed E-state index contributed by atoms with van der Waals surface area (Å²) in [4.78, 5) is 24.3. The van der Waals surface area contributed by atoms with Gasteiger partial charge in [0.1, 0.15) is 12.2 Å². The van der Waals surface area contributed by atoms with E-state index in [9.17, 15) is 9.59 Å². The minimum Gasteiger partial charge on any atom is -0.480 e. The number of urea groups is 1. The van der Waals surface area contributed by atoms with Gasteiger partial charge in [-0.25, -0.2) is 9.48 Å². The molecule has 2 N–H and O–H groups in total. The molecule has 2 amide bonds. The van der Waals surface area contributed by atoms with E-state index in [1.54, 1.807) is 4.90 Å². The van der Waals surface area contributed by atoms with Crippen LogP contribution in [0.4, 0.5) is 4.79 Å². The predicted molar refractivity (Wildman–Crippen MR) is 72.0 cm³/mol. The standard InChI is InChI=1S/C12H21N5O3/c1-4-9(3)17(5-2)12(20)13-6-10-7-16(15-14-10)8-11(18)19/h7,9H,4-6,8H2,1-3H3,(H,13,20)(H,18,19). The molecule has 112 valence electrons. The molecule has 8 nitrogen and oxygen atoms in total. The molecule has 0 bridgehead atoms. The second-order valence-electron chi connectivity index (χ2n) is 4.50. The van der Waals surface area contributed by atoms with Crippen LogP contribution in [0.25, 0.3) is 0 Å². The number of hydrogen-bond acceptors (Lipinski definition) is 4. The Morgan fingerprint density at radius 1 is 1.50 bits per heavy atom. The molecule has 1 atom stereocenters. The van der Waals surface area contributed by atoms with Crippen molar-refractivity contribution in [1.29, 1.82) is 0 Å². The Morgan fingerprint density at radius 2 is 2.20 bits per heavy atom. The molecule has 0 aliphatic heterocycles. The van der Waals surface area contributed by atoms with Crippen molar-refractivity contribution in [1.82, 2.24) is 25.2 Å². The Morgan fingerprint density at radius 3 is 2.75 bits per heavy atom. The molecule has 0 saturated heterocycles. The largest absolute Gasteiger partial charge is 0.480 e. The fourth-order valence-corrected chi connectivity index (χ4v) is 1.78. The topological polar surface area (TPSA) is 100 Å². The van der Waals surface area contributed by atoms with Crippen molar-refractivity contribution in [2.24, 2.45) is 0 Å². The van der Waals surface area contributed by atoms with Crippen LogP contribution in [0.1, 0.15) is 32.9 Å². The molecule has 1 aromatic heterocycles. The van der Waals surface area contributed by atoms with Crippen LogP contribution >= 0.6 is 0 Å². The molecule has 0 fully saturated rings. The number of carboxylic acid groups (broad SMARTS) is 1. The van der Waals surface area contributed by atoms with Gasteiger partial charge in [0, 0.05) is 12.6 Å². The lowest BCUT2D eigenvalue weighted by Crippen LogP contribution is -2.44. The number of nitrogens with one attached hydrogen (secondary N) is 1. The van der Waals surface area contributed by atoms with Gasteiger partial charge in [0.25, 0.3) is 0 Å². The quantitative estimate of drug-likeness (QED) is 0.767. The van der Waals surface area contributed by atoms with Gasteiger partial charge in [0.05, 0.1) is 12.7 Å². The average Bonchev–Trinajstić information content (AvgIpc) is 2.83. The Balaban J connectivity index is 2.51. The molecule has 0 saturated carbocycles. The summed E-state index contributed by atoms with van der Waals surface area (Å²) in [5.41, 5.74) is 0.528. The summed E-state index contributed by atoms with van der Waals surface area (Å²) >= 11 is 0. The highest BCUT2D eigenvalue weighted by molar-refractivity contribution is 5.74. The van der Waals surface area contributed by atoms with Gasteiger partial charge in [-0.2, -0.15) is 0 Å². The number of carbonyl (C=O) groups is 2. The first-order valence-electron chi connectivity index (χ1n) is 6.63. The lowest BCUT2D eigenvalue weighted by Gasteiger charge is -2.27. The minimum atomic E-state index is -0.987. The molecule has 0 aliphatic carbocycles. The van der Waals surface area contributed by atoms with Crippen LogP contribution in [0.5, 0.6) is 0 Å². The summed E-state index contributed by atoms with van der Waals surface area (Å²) in [7, 11) is 0. The van der Waals surface area contributed by atoms with Crippen LogP contribution in [0.2, 0.25) is 0 Å². The predicted octanol–water partition coefficient (Wildman–Crippen LogP) is 0.693. The summed E-state index contributed by atoms with van der Waals surface area (Å²) in [5, 5.41) is 18.9. The van der Waals surface area contributed by atoms with Crippen LogP contribution < -0.4 is 5.32 Å². The van der Waals surface area contributed by atoms with Crippen molar-refractivity contribution < 1.29 is 14.7 Å². The first kappa shape index (κ1) is 15.9. The number of rotatable bonds is 7. The van der Waals surface area contributed by atoms with Crippen LogP contribution in [0, 0.1) is 0 Å². The number of carboxylic acids is 1. The highest BCUT2D eigenvalue weighted by Crippen LogP contribution is 2.03. The Hall–Kier alpha value is -2.12. The smallest absolute Gasteiger partial charge is 0.325 e. The van der Waals surface area contributed by atoms with E-state index in [-0.39, 0.29) is 25.2 Å². The van der Waals surface area contributed by atoms with Crippen molar-refractivity contribution in [3.8, 4) is 0 Å². The van der Waals surface area contributed by atoms with Gasteiger partial charge in [0.2, 0.25) is 0 Å². The third kappa shape index (κ3) is 4.52. The number of hydrogen-bond donors (Lipinski definition) is 2. The number of amides is 2. The van der Waals surface area contributed by atoms with Gasteiger partial charge >= 0.3 is 12.0 Å². The Bertz CT molecular complexity index is 460. The molecular formula is C12H21N5O3. The number of aromatic nitrogens is 3. The zero-order chi connectivity index (χ0) is 15.1. The summed E-state index contributed by atoms with van der Waals surface area (Å²) in [6.07, 6.45) is 2.39. The van der Waals surface area contributed by atoms with E-state index < -0.39 is 5.97 Å². The first-order chi connectivity index (χ1) is 9.47. The third-order valence-corrected chi connectivity index (χ3v) is 3.03. The van der Waals surface area contributed by atoms with E-state index in [1.807, 2.05) is 20.8 Å². The molecule has 0 aliphatic rings. The number of carbonyl (C=O) groups excluding carboxylic acids is 1. The second kappa shape index (κ2) is 7.46. The average molecular weight is 283 g/mol. The zero-order valence-corrected chi connectivity index (χ0v) is 12.0. The second-order valence-corrected chi connectivity index (χ2v) is 4.50. The maximum atomic E-state index is 12.0. The third-order valence-electron chi connectivity index (χ3n) is 3.03. The molecular weight excluding hydrogens is 262 g/mol. The van der Waals surface area contributed by atoms with Crippen LogP contribution in [0.15, 0.2) is 6.20 Å². The molecule has 1 rings (SSSR count). The first-order valence-corrected chi connectivity index (χ1v) is 6.63. The van der Waals surface area contributed by atoms with Crippen LogP contribution in [-0.4, -0.2) is 49.6 Å². The molecule has 0 radical (unpaired) electrons. The summed E-state index contributed by atoms with van der Waals surface area (Å²) in [6, 6.07) is 0.0114. The molecule has 20 heavy (non-hydrogen) atoms. The van der Waals surface area contributed by atoms with Gasteiger partial charge < -0.3 is 15.3 Å². The lowest BCUT2D eigenvalue weighted by atomic mass is 10.2. The Labute approximate surface area is 117 Å². The fourth-order valence-electron chi connectivity index (χ4n) is 1.78. The molecule has 1 heterocycles. The van der Waals surface area contributed by atoms with E-state index in [0.717, 1.165) is 6.42 Å². The normalized spacial score (nSPS) is 11.9. The van der Waals surface area contributed by atoms with Crippen LogP contribution in [-0.2, 0) is 17.9 Å². The molecule has 8 heteroatoms. The van der Waals surface area contributed by atoms with Gasteiger partial charge in [0.15, 0.2) is 0 Å². The summed E-state index contributed by atoms with van der Waals surface area (Å²) in [5.74, 6) is -0.987. The molecule has 0 spiro atoms. The van der Waals surface area contributed by atoms with Crippen molar-refractivity contribution in [2.75, 3.05) is 6.54 Å². The molecule has 0 aromatic carbocycles. The van der Waals surface area contributed by atoms with Crippen molar-refractivity contribution in [2.45, 2.75) is 46.3 Å². The maximum absolute atomic E-state index is 12.0. The highest BCUT2D eigenvalue weighted by Gasteiger charge is 2.16. The number of aliphatic carboxylic acids is 1. The maximum Gasteiger partial charge on any atom is 0.325 e. The van der Waals surface area contributed by atoms with Crippen molar-refractivity contribution in [3.63, 3.8) is 0 Å². The van der Waals surface area contributed by atoms with Crippen molar-refractivity contribution >= 4 is 12.0 Å². The van der Waals surface area contributed by atoms with Gasteiger partial charge in [-0.3, -0.25) is 4.79 Å². The van der Waals surface area contributed by atoms with Crippen LogP contribution in [0.3, 0.4) is 0 Å². The summed E-state index contributed by atoms with van der Waals surface area (Å²) < 4.78 is 1.22. The minimum absolute atomic E-state index is 0.158. The molecule has 1 unspecified atom stereocenters. The van der Waals surface area contributed by atoms with E-state index in [4.69, 9.17) is 5.11 Å². The van der Waals surface area contributed by atoms with Gasteiger partial charge in [-0.15, -0.1) is 5.10 Å². The Kier molecular flexibility index (Phi) is 5.95. The van der Waals surface area contributed by atoms with E-state index in [2.05, 4.69) is 15.6 Å². The fraction of sp³-hybridized carbons (Fsp3) is 0.667. The molecule has 1 aromatic rings. The van der Waals surface area contributed by atoms with E-state index >= 15 is 0 Å². The van der Waals surface area contributed by atoms with E-state index in [1.165, 1.54) is 10.9 Å². The van der Waals surface area contributed by atoms with Gasteiger partial charge in [-0.05, 0) is 20.3 Å². The van der Waals surface area contributed by atoms with E-state index in [0.29, 0.717) is 12.2 Å². The van der Waals surface area contributed by atoms with Gasteiger partial charge in [-0.1, -0.05) is 12.1 Å². The SMILES string of the molecule is CCC(C)N(CC)C(=O)NCc1cn(CC(=O)O)nn1. The highest BCUT2D eigenvalue weighted by atomic mass is 16.4. The summed E-state index contributed by atoms with van der Waals surface area (Å²) in [6.45, 7) is 6.56. The zero-order valence-electron chi connectivity index (χ0n) is 12.0.